The van der Waals surface area contributed by atoms with Gasteiger partial charge in [0, 0.05) is 11.8 Å². The summed E-state index contributed by atoms with van der Waals surface area (Å²) in [5.74, 6) is 1.20. The molecule has 0 spiro atoms. The van der Waals surface area contributed by atoms with Gasteiger partial charge in [0.05, 0.1) is 17.3 Å². The van der Waals surface area contributed by atoms with Crippen LogP contribution in [-0.2, 0) is 0 Å². The Labute approximate surface area is 167 Å². The summed E-state index contributed by atoms with van der Waals surface area (Å²) in [5.41, 5.74) is 2.75. The Morgan fingerprint density at radius 3 is 2.64 bits per heavy atom. The van der Waals surface area contributed by atoms with Gasteiger partial charge in [-0.15, -0.1) is 0 Å². The second-order valence-corrected chi connectivity index (χ2v) is 7.02. The van der Waals surface area contributed by atoms with E-state index in [1.54, 1.807) is 29.0 Å². The van der Waals surface area contributed by atoms with Crippen LogP contribution in [0.2, 0.25) is 0 Å². The fourth-order valence-electron chi connectivity index (χ4n) is 2.80. The van der Waals surface area contributed by atoms with Crippen LogP contribution >= 0.6 is 11.8 Å². The van der Waals surface area contributed by atoms with Gasteiger partial charge in [0.2, 0.25) is 0 Å². The van der Waals surface area contributed by atoms with Gasteiger partial charge < -0.3 is 4.42 Å². The summed E-state index contributed by atoms with van der Waals surface area (Å²) in [6.45, 7) is 0. The number of fused-ring (bicyclic) bond motifs is 1. The second kappa shape index (κ2) is 8.59. The van der Waals surface area contributed by atoms with Crippen molar-refractivity contribution >= 4 is 40.9 Å². The molecule has 0 aliphatic heterocycles. The van der Waals surface area contributed by atoms with Crippen molar-refractivity contribution in [2.75, 3.05) is 5.75 Å². The number of carbonyl (C=O) groups excluding carboxylic acids is 1. The predicted molar refractivity (Wildman–Crippen MR) is 114 cm³/mol. The highest BCUT2D eigenvalue weighted by Gasteiger charge is 2.15. The zero-order valence-corrected chi connectivity index (χ0v) is 15.9. The number of nitrogens with zero attached hydrogens (tertiary/aromatic N) is 2. The minimum absolute atomic E-state index is 0.153. The Morgan fingerprint density at radius 2 is 1.82 bits per heavy atom. The third-order valence-electron chi connectivity index (χ3n) is 4.10. The average molecular weight is 386 g/mol. The van der Waals surface area contributed by atoms with Crippen LogP contribution < -0.4 is 0 Å². The molecule has 0 aliphatic rings. The number of rotatable bonds is 6. The van der Waals surface area contributed by atoms with Gasteiger partial charge in [-0.05, 0) is 35.9 Å². The summed E-state index contributed by atoms with van der Waals surface area (Å²) in [6, 6.07) is 21.4. The Bertz CT molecular complexity index is 1130. The van der Waals surface area contributed by atoms with Gasteiger partial charge in [-0.25, -0.2) is 4.98 Å². The molecule has 4 rings (SSSR count). The topological polar surface area (TPSA) is 48.0 Å². The summed E-state index contributed by atoms with van der Waals surface area (Å²) >= 11 is 1.53. The lowest BCUT2D eigenvalue weighted by Gasteiger charge is -2.03. The van der Waals surface area contributed by atoms with Gasteiger partial charge in [-0.2, -0.15) is 0 Å². The number of carbonyl (C=O) groups is 1. The molecule has 0 bridgehead atoms. The van der Waals surface area contributed by atoms with Crippen molar-refractivity contribution < 1.29 is 9.21 Å². The monoisotopic (exact) mass is 386 g/mol. The molecule has 0 saturated carbocycles. The van der Waals surface area contributed by atoms with Crippen LogP contribution in [0.4, 0.5) is 0 Å². The number of imidazole rings is 1. The van der Waals surface area contributed by atoms with Crippen molar-refractivity contribution in [3.05, 3.63) is 96.5 Å². The molecule has 28 heavy (non-hydrogen) atoms. The van der Waals surface area contributed by atoms with Gasteiger partial charge in [-0.1, -0.05) is 66.4 Å². The van der Waals surface area contributed by atoms with Gasteiger partial charge in [0.1, 0.15) is 5.76 Å². The number of hydrogen-bond acceptors (Lipinski definition) is 4. The van der Waals surface area contributed by atoms with Gasteiger partial charge >= 0.3 is 0 Å². The van der Waals surface area contributed by atoms with Crippen LogP contribution in [0.25, 0.3) is 23.2 Å². The van der Waals surface area contributed by atoms with E-state index in [0.29, 0.717) is 16.7 Å². The lowest BCUT2D eigenvalue weighted by Crippen LogP contribution is -2.08. The van der Waals surface area contributed by atoms with Crippen LogP contribution in [0.5, 0.6) is 0 Å². The highest BCUT2D eigenvalue weighted by atomic mass is 32.2. The molecule has 5 heteroatoms. The predicted octanol–water partition coefficient (Wildman–Crippen LogP) is 5.79. The van der Waals surface area contributed by atoms with E-state index in [4.69, 9.17) is 4.42 Å². The molecular formula is C23H18N2O2S. The quantitative estimate of drug-likeness (QED) is 0.311. The number of thioether (sulfide) groups is 1. The lowest BCUT2D eigenvalue weighted by molar-refractivity contribution is 0.0965. The minimum atomic E-state index is -0.153. The molecule has 0 atom stereocenters. The maximum atomic E-state index is 12.9. The van der Waals surface area contributed by atoms with Crippen molar-refractivity contribution in [1.29, 1.82) is 0 Å². The Balaban J connectivity index is 1.56. The highest BCUT2D eigenvalue weighted by molar-refractivity contribution is 7.99. The first-order chi connectivity index (χ1) is 13.8. The van der Waals surface area contributed by atoms with E-state index in [9.17, 15) is 4.79 Å². The van der Waals surface area contributed by atoms with Crippen LogP contribution in [-0.4, -0.2) is 21.2 Å². The van der Waals surface area contributed by atoms with Crippen LogP contribution in [0.1, 0.15) is 16.1 Å². The number of aromatic nitrogens is 2. The fourth-order valence-corrected chi connectivity index (χ4v) is 3.62. The zero-order valence-electron chi connectivity index (χ0n) is 15.1. The molecule has 2 aromatic heterocycles. The molecule has 2 heterocycles. The normalized spacial score (nSPS) is 11.7. The molecular weight excluding hydrogens is 368 g/mol. The SMILES string of the molecule is O=C(C=Cc1ccco1)n1c(SCC=Cc2ccccc2)nc2ccccc21. The zero-order chi connectivity index (χ0) is 19.2. The third kappa shape index (κ3) is 4.15. The first kappa shape index (κ1) is 18.1. The van der Waals surface area contributed by atoms with Crippen molar-refractivity contribution in [1.82, 2.24) is 9.55 Å². The molecule has 0 saturated heterocycles. The Kier molecular flexibility index (Phi) is 5.54. The summed E-state index contributed by atoms with van der Waals surface area (Å²) in [7, 11) is 0. The van der Waals surface area contributed by atoms with Crippen molar-refractivity contribution in [2.45, 2.75) is 5.16 Å². The molecule has 0 aliphatic carbocycles. The summed E-state index contributed by atoms with van der Waals surface area (Å²) in [6.07, 6.45) is 8.90. The van der Waals surface area contributed by atoms with E-state index in [1.165, 1.54) is 17.8 Å². The first-order valence-corrected chi connectivity index (χ1v) is 9.87. The van der Waals surface area contributed by atoms with Gasteiger partial charge in [0.25, 0.3) is 5.91 Å². The number of para-hydroxylation sites is 2. The standard InChI is InChI=1S/C23H18N2O2S/c26-22(15-14-19-11-6-16-27-19)25-21-13-5-4-12-20(21)24-23(25)28-17-7-10-18-8-2-1-3-9-18/h1-16H,17H2. The smallest absolute Gasteiger partial charge is 0.257 e. The van der Waals surface area contributed by atoms with Crippen LogP contribution in [0.15, 0.2) is 94.7 Å². The Hall–Kier alpha value is -3.31. The number of hydrogen-bond donors (Lipinski definition) is 0. The molecule has 4 aromatic rings. The maximum Gasteiger partial charge on any atom is 0.257 e. The second-order valence-electron chi connectivity index (χ2n) is 6.03. The Morgan fingerprint density at radius 1 is 1.00 bits per heavy atom. The van der Waals surface area contributed by atoms with Crippen molar-refractivity contribution in [3.8, 4) is 0 Å². The molecule has 0 unspecified atom stereocenters. The molecule has 138 valence electrons. The maximum absolute atomic E-state index is 12.9. The lowest BCUT2D eigenvalue weighted by atomic mass is 10.2. The summed E-state index contributed by atoms with van der Waals surface area (Å²) < 4.78 is 6.91. The van der Waals surface area contributed by atoms with Gasteiger partial charge in [-0.3, -0.25) is 9.36 Å². The highest BCUT2D eigenvalue weighted by Crippen LogP contribution is 2.24. The third-order valence-corrected chi connectivity index (χ3v) is 4.99. The number of allylic oxidation sites excluding steroid dienone is 1. The van der Waals surface area contributed by atoms with Crippen molar-refractivity contribution in [2.24, 2.45) is 0 Å². The molecule has 2 aromatic carbocycles. The first-order valence-electron chi connectivity index (χ1n) is 8.89. The number of furan rings is 1. The van der Waals surface area contributed by atoms with E-state index in [-0.39, 0.29) is 5.91 Å². The van der Waals surface area contributed by atoms with E-state index < -0.39 is 0 Å². The van der Waals surface area contributed by atoms with E-state index in [2.05, 4.69) is 29.3 Å². The van der Waals surface area contributed by atoms with E-state index >= 15 is 0 Å². The van der Waals surface area contributed by atoms with Crippen molar-refractivity contribution in [3.63, 3.8) is 0 Å². The number of benzene rings is 2. The fraction of sp³-hybridized carbons (Fsp3) is 0.0435. The summed E-state index contributed by atoms with van der Waals surface area (Å²) in [4.78, 5) is 17.5. The van der Waals surface area contributed by atoms with Crippen LogP contribution in [0.3, 0.4) is 0 Å². The molecule has 0 fully saturated rings. The van der Waals surface area contributed by atoms with E-state index in [1.807, 2.05) is 42.5 Å². The molecule has 0 N–H and O–H groups in total. The average Bonchev–Trinajstić information content (AvgIpc) is 3.37. The molecule has 0 radical (unpaired) electrons. The van der Waals surface area contributed by atoms with E-state index in [0.717, 1.165) is 16.6 Å². The minimum Gasteiger partial charge on any atom is -0.465 e. The van der Waals surface area contributed by atoms with Gasteiger partial charge in [0.15, 0.2) is 5.16 Å². The molecule has 4 nitrogen and oxygen atoms in total. The molecule has 0 amide bonds. The summed E-state index contributed by atoms with van der Waals surface area (Å²) in [5, 5.41) is 0.674. The van der Waals surface area contributed by atoms with Crippen LogP contribution in [0, 0.1) is 0 Å². The largest absolute Gasteiger partial charge is 0.465 e.